The fraction of sp³-hybridized carbons (Fsp3) is 0.364. The van der Waals surface area contributed by atoms with Gasteiger partial charge in [-0.2, -0.15) is 13.2 Å². The van der Waals surface area contributed by atoms with Gasteiger partial charge in [0.15, 0.2) is 12.4 Å². The van der Waals surface area contributed by atoms with E-state index < -0.39 is 30.2 Å². The van der Waals surface area contributed by atoms with Gasteiger partial charge < -0.3 is 10.1 Å². The van der Waals surface area contributed by atoms with Crippen LogP contribution in [0.1, 0.15) is 5.56 Å². The highest BCUT2D eigenvalue weighted by atomic mass is 19.4. The van der Waals surface area contributed by atoms with E-state index in [1.54, 1.807) is 12.2 Å². The highest BCUT2D eigenvalue weighted by molar-refractivity contribution is 5.77. The van der Waals surface area contributed by atoms with Crippen LogP contribution in [0, 0.1) is 17.0 Å². The molecule has 1 aromatic rings. The van der Waals surface area contributed by atoms with Crippen molar-refractivity contribution in [3.8, 4) is 5.75 Å². The van der Waals surface area contributed by atoms with Crippen LogP contribution in [0.15, 0.2) is 18.2 Å². The molecule has 1 N–H and O–H groups in total. The molecule has 0 aliphatic heterocycles. The molecular weight excluding hydrogens is 281 g/mol. The summed E-state index contributed by atoms with van der Waals surface area (Å²) in [5.41, 5.74) is 0.292. The number of nitro benzene ring substituents is 1. The van der Waals surface area contributed by atoms with E-state index in [-0.39, 0.29) is 11.4 Å². The van der Waals surface area contributed by atoms with Crippen molar-refractivity contribution in [1.82, 2.24) is 5.32 Å². The third-order valence-corrected chi connectivity index (χ3v) is 2.16. The minimum absolute atomic E-state index is 0.169. The number of carbonyl (C=O) groups excluding carboxylic acids is 1. The summed E-state index contributed by atoms with van der Waals surface area (Å²) in [7, 11) is 0. The molecule has 0 saturated heterocycles. The van der Waals surface area contributed by atoms with Gasteiger partial charge in [0.1, 0.15) is 6.54 Å². The Kier molecular flexibility index (Phi) is 4.89. The predicted octanol–water partition coefficient (Wildman–Crippen LogP) is 1.96. The Labute approximate surface area is 111 Å². The summed E-state index contributed by atoms with van der Waals surface area (Å²) < 4.78 is 40.5. The lowest BCUT2D eigenvalue weighted by molar-refractivity contribution is -0.385. The van der Waals surface area contributed by atoms with Crippen molar-refractivity contribution >= 4 is 11.6 Å². The number of ether oxygens (including phenoxy) is 1. The Morgan fingerprint density at radius 1 is 1.45 bits per heavy atom. The molecule has 0 radical (unpaired) electrons. The van der Waals surface area contributed by atoms with Crippen molar-refractivity contribution in [3.05, 3.63) is 33.9 Å². The molecule has 1 amide bonds. The van der Waals surface area contributed by atoms with Gasteiger partial charge in [-0.1, -0.05) is 6.07 Å². The minimum Gasteiger partial charge on any atom is -0.477 e. The van der Waals surface area contributed by atoms with Crippen LogP contribution in [-0.2, 0) is 4.79 Å². The van der Waals surface area contributed by atoms with Gasteiger partial charge in [0.05, 0.1) is 4.92 Å². The molecule has 0 saturated carbocycles. The zero-order chi connectivity index (χ0) is 15.3. The molecule has 0 atom stereocenters. The van der Waals surface area contributed by atoms with Crippen LogP contribution < -0.4 is 10.1 Å². The number of amides is 1. The van der Waals surface area contributed by atoms with Gasteiger partial charge in [0, 0.05) is 6.07 Å². The van der Waals surface area contributed by atoms with Crippen LogP contribution in [0.25, 0.3) is 0 Å². The topological polar surface area (TPSA) is 81.5 Å². The standard InChI is InChI=1S/C11H11F3N2O4/c1-7-2-3-8(16(18)19)9(4-7)20-5-10(17)15-6-11(12,13)14/h2-4H,5-6H2,1H3,(H,15,17). The molecular formula is C11H11F3N2O4. The summed E-state index contributed by atoms with van der Waals surface area (Å²) in [6, 6.07) is 4.00. The molecule has 6 nitrogen and oxygen atoms in total. The summed E-state index contributed by atoms with van der Waals surface area (Å²) in [4.78, 5) is 21.1. The fourth-order valence-electron chi connectivity index (χ4n) is 1.28. The van der Waals surface area contributed by atoms with Crippen molar-refractivity contribution < 1.29 is 27.6 Å². The maximum atomic E-state index is 11.9. The largest absolute Gasteiger partial charge is 0.477 e. The lowest BCUT2D eigenvalue weighted by Gasteiger charge is -2.10. The van der Waals surface area contributed by atoms with Crippen LogP contribution in [0.2, 0.25) is 0 Å². The van der Waals surface area contributed by atoms with E-state index in [9.17, 15) is 28.1 Å². The Hall–Kier alpha value is -2.32. The molecule has 0 bridgehead atoms. The fourth-order valence-corrected chi connectivity index (χ4v) is 1.28. The normalized spacial score (nSPS) is 11.0. The highest BCUT2D eigenvalue weighted by Gasteiger charge is 2.27. The number of alkyl halides is 3. The molecule has 0 aliphatic rings. The first-order valence-electron chi connectivity index (χ1n) is 5.40. The number of nitrogens with one attached hydrogen (secondary N) is 1. The summed E-state index contributed by atoms with van der Waals surface area (Å²) in [6.45, 7) is -0.564. The summed E-state index contributed by atoms with van der Waals surface area (Å²) in [5, 5.41) is 12.3. The van der Waals surface area contributed by atoms with Gasteiger partial charge in [-0.15, -0.1) is 0 Å². The molecule has 0 aromatic heterocycles. The van der Waals surface area contributed by atoms with Crippen LogP contribution in [-0.4, -0.2) is 30.2 Å². The van der Waals surface area contributed by atoms with Crippen LogP contribution in [0.4, 0.5) is 18.9 Å². The average Bonchev–Trinajstić information content (AvgIpc) is 2.32. The molecule has 0 heterocycles. The van der Waals surface area contributed by atoms with E-state index in [1.807, 2.05) is 0 Å². The predicted molar refractivity (Wildman–Crippen MR) is 62.4 cm³/mol. The number of nitro groups is 1. The molecule has 0 fully saturated rings. The monoisotopic (exact) mass is 292 g/mol. The van der Waals surface area contributed by atoms with Gasteiger partial charge in [0.25, 0.3) is 5.91 Å². The number of rotatable bonds is 5. The smallest absolute Gasteiger partial charge is 0.405 e. The summed E-state index contributed by atoms with van der Waals surface area (Å²) >= 11 is 0. The third kappa shape index (κ3) is 5.12. The van der Waals surface area contributed by atoms with E-state index in [1.165, 1.54) is 18.2 Å². The van der Waals surface area contributed by atoms with E-state index in [2.05, 4.69) is 0 Å². The second-order valence-corrected chi connectivity index (χ2v) is 3.91. The molecule has 1 aromatic carbocycles. The van der Waals surface area contributed by atoms with Gasteiger partial charge in [-0.25, -0.2) is 0 Å². The quantitative estimate of drug-likeness (QED) is 0.664. The van der Waals surface area contributed by atoms with Gasteiger partial charge in [-0.05, 0) is 18.6 Å². The summed E-state index contributed by atoms with van der Waals surface area (Å²) in [6.07, 6.45) is -4.52. The first-order valence-corrected chi connectivity index (χ1v) is 5.40. The number of hydrogen-bond acceptors (Lipinski definition) is 4. The molecule has 0 unspecified atom stereocenters. The Morgan fingerprint density at radius 3 is 2.65 bits per heavy atom. The van der Waals surface area contributed by atoms with Crippen LogP contribution >= 0.6 is 0 Å². The lowest BCUT2D eigenvalue weighted by Crippen LogP contribution is -2.36. The molecule has 20 heavy (non-hydrogen) atoms. The maximum Gasteiger partial charge on any atom is 0.405 e. The van der Waals surface area contributed by atoms with E-state index in [0.29, 0.717) is 5.56 Å². The van der Waals surface area contributed by atoms with Crippen LogP contribution in [0.3, 0.4) is 0 Å². The first kappa shape index (κ1) is 15.7. The number of nitrogens with zero attached hydrogens (tertiary/aromatic N) is 1. The Bertz CT molecular complexity index is 517. The molecule has 0 aliphatic carbocycles. The van der Waals surface area contributed by atoms with E-state index in [0.717, 1.165) is 0 Å². The first-order chi connectivity index (χ1) is 9.19. The van der Waals surface area contributed by atoms with Gasteiger partial charge in [0.2, 0.25) is 0 Å². The lowest BCUT2D eigenvalue weighted by atomic mass is 10.2. The number of carbonyl (C=O) groups is 1. The third-order valence-electron chi connectivity index (χ3n) is 2.16. The maximum absolute atomic E-state index is 11.9. The number of halogens is 3. The molecule has 1 rings (SSSR count). The van der Waals surface area contributed by atoms with Crippen molar-refractivity contribution in [2.75, 3.05) is 13.2 Å². The summed E-state index contributed by atoms with van der Waals surface area (Å²) in [5.74, 6) is -1.18. The number of aryl methyl sites for hydroxylation is 1. The van der Waals surface area contributed by atoms with Gasteiger partial charge >= 0.3 is 11.9 Å². The van der Waals surface area contributed by atoms with E-state index >= 15 is 0 Å². The van der Waals surface area contributed by atoms with Crippen molar-refractivity contribution in [3.63, 3.8) is 0 Å². The van der Waals surface area contributed by atoms with Crippen molar-refractivity contribution in [2.24, 2.45) is 0 Å². The van der Waals surface area contributed by atoms with Gasteiger partial charge in [-0.3, -0.25) is 14.9 Å². The molecule has 0 spiro atoms. The SMILES string of the molecule is Cc1ccc([N+](=O)[O-])c(OCC(=O)NCC(F)(F)F)c1. The molecule has 9 heteroatoms. The Morgan fingerprint density at radius 2 is 2.10 bits per heavy atom. The van der Waals surface area contributed by atoms with Crippen molar-refractivity contribution in [1.29, 1.82) is 0 Å². The number of benzene rings is 1. The Balaban J connectivity index is 2.63. The zero-order valence-electron chi connectivity index (χ0n) is 10.4. The minimum atomic E-state index is -4.52. The molecule has 110 valence electrons. The second kappa shape index (κ2) is 6.22. The second-order valence-electron chi connectivity index (χ2n) is 3.91. The van der Waals surface area contributed by atoms with Crippen LogP contribution in [0.5, 0.6) is 5.75 Å². The van der Waals surface area contributed by atoms with Crippen molar-refractivity contribution in [2.45, 2.75) is 13.1 Å². The average molecular weight is 292 g/mol. The van der Waals surface area contributed by atoms with E-state index in [4.69, 9.17) is 4.74 Å². The highest BCUT2D eigenvalue weighted by Crippen LogP contribution is 2.27. The number of hydrogen-bond donors (Lipinski definition) is 1. The zero-order valence-corrected chi connectivity index (χ0v) is 10.4.